The van der Waals surface area contributed by atoms with E-state index in [1.54, 1.807) is 7.05 Å². The number of hydrogen-bond donors (Lipinski definition) is 1. The highest BCUT2D eigenvalue weighted by Gasteiger charge is 2.08. The standard InChI is InChI=1S/C19H23N3/c1-5-6-11-21-19(20-4)18-12-17(13-22-15(18)3)16-9-7-14(2)8-10-16/h6-13H,5H2,1-4H3,(H,20,21)/b11-6+. The molecule has 3 nitrogen and oxygen atoms in total. The molecule has 0 fully saturated rings. The summed E-state index contributed by atoms with van der Waals surface area (Å²) in [6, 6.07) is 10.6. The van der Waals surface area contributed by atoms with Gasteiger partial charge < -0.3 is 5.32 Å². The van der Waals surface area contributed by atoms with E-state index in [9.17, 15) is 0 Å². The van der Waals surface area contributed by atoms with E-state index in [0.717, 1.165) is 29.1 Å². The number of pyridine rings is 1. The van der Waals surface area contributed by atoms with Gasteiger partial charge in [0.15, 0.2) is 0 Å². The number of benzene rings is 1. The van der Waals surface area contributed by atoms with E-state index in [0.29, 0.717) is 0 Å². The summed E-state index contributed by atoms with van der Waals surface area (Å²) in [4.78, 5) is 8.88. The predicted octanol–water partition coefficient (Wildman–Crippen LogP) is 4.26. The molecule has 1 heterocycles. The second-order valence-corrected chi connectivity index (χ2v) is 5.25. The Morgan fingerprint density at radius 3 is 2.55 bits per heavy atom. The van der Waals surface area contributed by atoms with E-state index >= 15 is 0 Å². The van der Waals surface area contributed by atoms with Crippen molar-refractivity contribution in [2.24, 2.45) is 4.99 Å². The van der Waals surface area contributed by atoms with Crippen molar-refractivity contribution in [3.63, 3.8) is 0 Å². The Hall–Kier alpha value is -2.42. The minimum atomic E-state index is 0.837. The molecule has 1 N–H and O–H groups in total. The molecule has 0 radical (unpaired) electrons. The molecule has 0 atom stereocenters. The van der Waals surface area contributed by atoms with Gasteiger partial charge in [0.1, 0.15) is 5.84 Å². The number of allylic oxidation sites excluding steroid dienone is 1. The zero-order valence-electron chi connectivity index (χ0n) is 13.7. The van der Waals surface area contributed by atoms with Crippen molar-refractivity contribution in [3.8, 4) is 11.1 Å². The number of aryl methyl sites for hydroxylation is 2. The van der Waals surface area contributed by atoms with E-state index in [-0.39, 0.29) is 0 Å². The largest absolute Gasteiger partial charge is 0.347 e. The first kappa shape index (κ1) is 16.0. The smallest absolute Gasteiger partial charge is 0.133 e. The molecule has 3 heteroatoms. The lowest BCUT2D eigenvalue weighted by Crippen LogP contribution is -2.20. The Morgan fingerprint density at radius 1 is 1.18 bits per heavy atom. The summed E-state index contributed by atoms with van der Waals surface area (Å²) in [5.74, 6) is 0.837. The maximum Gasteiger partial charge on any atom is 0.133 e. The fourth-order valence-corrected chi connectivity index (χ4v) is 2.20. The third kappa shape index (κ3) is 3.82. The number of amidine groups is 1. The molecule has 0 unspecified atom stereocenters. The van der Waals surface area contributed by atoms with Gasteiger partial charge in [-0.05, 0) is 38.1 Å². The Balaban J connectivity index is 2.37. The van der Waals surface area contributed by atoms with Crippen LogP contribution < -0.4 is 5.32 Å². The van der Waals surface area contributed by atoms with Gasteiger partial charge in [0.25, 0.3) is 0 Å². The highest BCUT2D eigenvalue weighted by molar-refractivity contribution is 6.01. The van der Waals surface area contributed by atoms with Crippen LogP contribution in [0, 0.1) is 13.8 Å². The van der Waals surface area contributed by atoms with E-state index in [1.165, 1.54) is 11.1 Å². The van der Waals surface area contributed by atoms with Crippen LogP contribution in [-0.4, -0.2) is 17.9 Å². The first-order chi connectivity index (χ1) is 10.7. The molecule has 1 aromatic carbocycles. The van der Waals surface area contributed by atoms with Gasteiger partial charge in [-0.3, -0.25) is 9.98 Å². The van der Waals surface area contributed by atoms with E-state index in [2.05, 4.69) is 65.5 Å². The molecule has 0 spiro atoms. The van der Waals surface area contributed by atoms with Gasteiger partial charge in [-0.2, -0.15) is 0 Å². The molecule has 0 bridgehead atoms. The lowest BCUT2D eigenvalue weighted by molar-refractivity contribution is 1.13. The Morgan fingerprint density at radius 2 is 1.91 bits per heavy atom. The molecular weight excluding hydrogens is 270 g/mol. The molecule has 2 rings (SSSR count). The highest BCUT2D eigenvalue weighted by Crippen LogP contribution is 2.21. The van der Waals surface area contributed by atoms with Crippen LogP contribution in [0.5, 0.6) is 0 Å². The van der Waals surface area contributed by atoms with Gasteiger partial charge in [0.2, 0.25) is 0 Å². The second kappa shape index (κ2) is 7.55. The summed E-state index contributed by atoms with van der Waals surface area (Å²) in [6.45, 7) is 6.20. The van der Waals surface area contributed by atoms with Crippen LogP contribution in [0.3, 0.4) is 0 Å². The summed E-state index contributed by atoms with van der Waals surface area (Å²) in [5.41, 5.74) is 5.52. The minimum Gasteiger partial charge on any atom is -0.347 e. The van der Waals surface area contributed by atoms with Crippen molar-refractivity contribution in [3.05, 3.63) is 65.6 Å². The number of nitrogens with one attached hydrogen (secondary N) is 1. The van der Waals surface area contributed by atoms with Gasteiger partial charge in [-0.25, -0.2) is 0 Å². The molecule has 114 valence electrons. The van der Waals surface area contributed by atoms with Crippen LogP contribution >= 0.6 is 0 Å². The van der Waals surface area contributed by atoms with Gasteiger partial charge >= 0.3 is 0 Å². The van der Waals surface area contributed by atoms with Crippen LogP contribution in [0.25, 0.3) is 11.1 Å². The topological polar surface area (TPSA) is 37.3 Å². The second-order valence-electron chi connectivity index (χ2n) is 5.25. The monoisotopic (exact) mass is 293 g/mol. The molecule has 22 heavy (non-hydrogen) atoms. The first-order valence-corrected chi connectivity index (χ1v) is 7.58. The summed E-state index contributed by atoms with van der Waals surface area (Å²) < 4.78 is 0. The van der Waals surface area contributed by atoms with Gasteiger partial charge in [-0.1, -0.05) is 42.8 Å². The van der Waals surface area contributed by atoms with Crippen LogP contribution in [0.15, 0.2) is 53.8 Å². The van der Waals surface area contributed by atoms with Gasteiger partial charge in [0, 0.05) is 30.1 Å². The summed E-state index contributed by atoms with van der Waals surface area (Å²) in [7, 11) is 1.79. The SMILES string of the molecule is CC/C=C/NC(=NC)c1cc(-c2ccc(C)cc2)cnc1C. The first-order valence-electron chi connectivity index (χ1n) is 7.58. The van der Waals surface area contributed by atoms with Crippen molar-refractivity contribution in [2.45, 2.75) is 27.2 Å². The van der Waals surface area contributed by atoms with Crippen molar-refractivity contribution in [1.29, 1.82) is 0 Å². The average Bonchev–Trinajstić information content (AvgIpc) is 2.53. The van der Waals surface area contributed by atoms with E-state index in [1.807, 2.05) is 19.3 Å². The Bertz CT molecular complexity index is 682. The normalized spacial score (nSPS) is 11.9. The highest BCUT2D eigenvalue weighted by atomic mass is 15.0. The van der Waals surface area contributed by atoms with Crippen LogP contribution in [0.4, 0.5) is 0 Å². The van der Waals surface area contributed by atoms with E-state index in [4.69, 9.17) is 0 Å². The molecule has 2 aromatic rings. The van der Waals surface area contributed by atoms with Crippen molar-refractivity contribution < 1.29 is 0 Å². The van der Waals surface area contributed by atoms with Crippen LogP contribution in [-0.2, 0) is 0 Å². The van der Waals surface area contributed by atoms with Crippen molar-refractivity contribution in [2.75, 3.05) is 7.05 Å². The summed E-state index contributed by atoms with van der Waals surface area (Å²) >= 11 is 0. The lowest BCUT2D eigenvalue weighted by atomic mass is 10.0. The van der Waals surface area contributed by atoms with Crippen LogP contribution in [0.2, 0.25) is 0 Å². The molecular formula is C19H23N3. The third-order valence-corrected chi connectivity index (χ3v) is 3.52. The quantitative estimate of drug-likeness (QED) is 0.675. The number of aromatic nitrogens is 1. The van der Waals surface area contributed by atoms with Crippen LogP contribution in [0.1, 0.15) is 30.2 Å². The fourth-order valence-electron chi connectivity index (χ4n) is 2.20. The maximum absolute atomic E-state index is 4.53. The molecule has 0 saturated carbocycles. The Kier molecular flexibility index (Phi) is 5.48. The summed E-state index contributed by atoms with van der Waals surface area (Å²) in [5, 5.41) is 3.24. The number of hydrogen-bond acceptors (Lipinski definition) is 2. The summed E-state index contributed by atoms with van der Waals surface area (Å²) in [6.07, 6.45) is 6.90. The van der Waals surface area contributed by atoms with Gasteiger partial charge in [0.05, 0.1) is 0 Å². The third-order valence-electron chi connectivity index (χ3n) is 3.52. The van der Waals surface area contributed by atoms with E-state index < -0.39 is 0 Å². The number of rotatable bonds is 4. The molecule has 0 aliphatic rings. The molecule has 0 aliphatic carbocycles. The molecule has 1 aromatic heterocycles. The fraction of sp³-hybridized carbons (Fsp3) is 0.263. The average molecular weight is 293 g/mol. The molecule has 0 amide bonds. The molecule has 0 saturated heterocycles. The molecule has 0 aliphatic heterocycles. The predicted molar refractivity (Wildman–Crippen MR) is 94.2 cm³/mol. The number of nitrogens with zero attached hydrogens (tertiary/aromatic N) is 2. The Labute approximate surface area is 132 Å². The zero-order valence-corrected chi connectivity index (χ0v) is 13.7. The minimum absolute atomic E-state index is 0.837. The van der Waals surface area contributed by atoms with Crippen molar-refractivity contribution in [1.82, 2.24) is 10.3 Å². The zero-order chi connectivity index (χ0) is 15.9. The van der Waals surface area contributed by atoms with Gasteiger partial charge in [-0.15, -0.1) is 0 Å². The lowest BCUT2D eigenvalue weighted by Gasteiger charge is -2.11. The maximum atomic E-state index is 4.53. The van der Waals surface area contributed by atoms with Crippen molar-refractivity contribution >= 4 is 5.84 Å². The number of aliphatic imine (C=N–C) groups is 1.